The highest BCUT2D eigenvalue weighted by Crippen LogP contribution is 2.27. The van der Waals surface area contributed by atoms with Crippen molar-refractivity contribution in [3.05, 3.63) is 47.2 Å². The summed E-state index contributed by atoms with van der Waals surface area (Å²) in [6, 6.07) is 10.2. The summed E-state index contributed by atoms with van der Waals surface area (Å²) in [5, 5.41) is 7.20. The molecule has 0 spiro atoms. The fourth-order valence-electron chi connectivity index (χ4n) is 2.70. The van der Waals surface area contributed by atoms with Gasteiger partial charge >= 0.3 is 0 Å². The first-order valence-corrected chi connectivity index (χ1v) is 6.52. The Bertz CT molecular complexity index is 605. The summed E-state index contributed by atoms with van der Waals surface area (Å²) in [7, 11) is 1.84. The number of aryl methyl sites for hydroxylation is 2. The van der Waals surface area contributed by atoms with E-state index in [9.17, 15) is 4.79 Å². The molecular weight excluding hydrogens is 238 g/mol. The van der Waals surface area contributed by atoms with Crippen molar-refractivity contribution < 1.29 is 4.79 Å². The van der Waals surface area contributed by atoms with Gasteiger partial charge in [-0.3, -0.25) is 9.48 Å². The number of nitrogens with zero attached hydrogens (tertiary/aromatic N) is 2. The third-order valence-electron chi connectivity index (χ3n) is 3.68. The van der Waals surface area contributed by atoms with E-state index in [0.29, 0.717) is 0 Å². The molecule has 0 radical (unpaired) electrons. The van der Waals surface area contributed by atoms with Crippen LogP contribution in [0.4, 0.5) is 5.82 Å². The zero-order chi connectivity index (χ0) is 13.4. The van der Waals surface area contributed by atoms with E-state index < -0.39 is 0 Å². The summed E-state index contributed by atoms with van der Waals surface area (Å²) in [5.74, 6) is 0.880. The highest BCUT2D eigenvalue weighted by Gasteiger charge is 2.27. The molecule has 2 aromatic rings. The van der Waals surface area contributed by atoms with Crippen molar-refractivity contribution in [2.24, 2.45) is 13.0 Å². The molecule has 0 atom stereocenters. The second-order valence-electron chi connectivity index (χ2n) is 5.16. The number of aromatic nitrogens is 2. The number of carbonyl (C=O) groups excluding carboxylic acids is 1. The molecule has 19 heavy (non-hydrogen) atoms. The summed E-state index contributed by atoms with van der Waals surface area (Å²) in [6.45, 7) is 1.92. The first kappa shape index (κ1) is 12.0. The molecule has 0 saturated heterocycles. The number of benzene rings is 1. The molecule has 1 aliphatic rings. The Kier molecular flexibility index (Phi) is 2.85. The first-order chi connectivity index (χ1) is 9.13. The van der Waals surface area contributed by atoms with Crippen LogP contribution in [-0.2, 0) is 24.7 Å². The van der Waals surface area contributed by atoms with Crippen LogP contribution >= 0.6 is 0 Å². The lowest BCUT2D eigenvalue weighted by Gasteiger charge is -2.10. The normalized spacial score (nSPS) is 14.4. The van der Waals surface area contributed by atoms with Crippen LogP contribution in [0.2, 0.25) is 0 Å². The number of rotatable bonds is 2. The Labute approximate surface area is 112 Å². The molecule has 98 valence electrons. The van der Waals surface area contributed by atoms with Gasteiger partial charge in [-0.1, -0.05) is 24.3 Å². The second kappa shape index (κ2) is 4.53. The monoisotopic (exact) mass is 255 g/mol. The molecular formula is C15H17N3O. The summed E-state index contributed by atoms with van der Waals surface area (Å²) < 4.78 is 1.70. The van der Waals surface area contributed by atoms with Crippen LogP contribution in [0.15, 0.2) is 30.3 Å². The standard InChI is InChI=1S/C15H17N3O/c1-10-7-14(18(2)17-10)16-15(19)13-8-11-5-3-4-6-12(11)9-13/h3-7,13H,8-9H2,1-2H3,(H,16,19). The van der Waals surface area contributed by atoms with Crippen molar-refractivity contribution in [3.8, 4) is 0 Å². The average molecular weight is 255 g/mol. The van der Waals surface area contributed by atoms with E-state index in [1.54, 1.807) is 4.68 Å². The van der Waals surface area contributed by atoms with Gasteiger partial charge in [-0.2, -0.15) is 5.10 Å². The Morgan fingerprint density at radius 2 is 1.95 bits per heavy atom. The minimum atomic E-state index is 0.0348. The van der Waals surface area contributed by atoms with E-state index in [-0.39, 0.29) is 11.8 Å². The van der Waals surface area contributed by atoms with Crippen molar-refractivity contribution in [3.63, 3.8) is 0 Å². The molecule has 1 N–H and O–H groups in total. The van der Waals surface area contributed by atoms with Crippen molar-refractivity contribution in [2.75, 3.05) is 5.32 Å². The lowest BCUT2D eigenvalue weighted by Crippen LogP contribution is -2.24. The summed E-state index contributed by atoms with van der Waals surface area (Å²) in [6.07, 6.45) is 1.66. The van der Waals surface area contributed by atoms with Crippen LogP contribution in [0, 0.1) is 12.8 Å². The second-order valence-corrected chi connectivity index (χ2v) is 5.16. The molecule has 0 unspecified atom stereocenters. The molecule has 0 saturated carbocycles. The van der Waals surface area contributed by atoms with E-state index in [2.05, 4.69) is 22.5 Å². The summed E-state index contributed by atoms with van der Waals surface area (Å²) >= 11 is 0. The fraction of sp³-hybridized carbons (Fsp3) is 0.333. The van der Waals surface area contributed by atoms with Gasteiger partial charge in [-0.15, -0.1) is 0 Å². The molecule has 0 bridgehead atoms. The predicted molar refractivity (Wildman–Crippen MR) is 73.9 cm³/mol. The van der Waals surface area contributed by atoms with Crippen LogP contribution < -0.4 is 5.32 Å². The predicted octanol–water partition coefficient (Wildman–Crippen LogP) is 2.08. The smallest absolute Gasteiger partial charge is 0.229 e. The lowest BCUT2D eigenvalue weighted by molar-refractivity contribution is -0.119. The number of carbonyl (C=O) groups is 1. The van der Waals surface area contributed by atoms with Crippen molar-refractivity contribution in [2.45, 2.75) is 19.8 Å². The lowest BCUT2D eigenvalue weighted by atomic mass is 10.1. The van der Waals surface area contributed by atoms with Crippen molar-refractivity contribution in [1.82, 2.24) is 9.78 Å². The highest BCUT2D eigenvalue weighted by atomic mass is 16.2. The molecule has 0 aliphatic heterocycles. The minimum Gasteiger partial charge on any atom is -0.311 e. The van der Waals surface area contributed by atoms with Crippen LogP contribution in [-0.4, -0.2) is 15.7 Å². The van der Waals surface area contributed by atoms with Crippen LogP contribution in [0.5, 0.6) is 0 Å². The van der Waals surface area contributed by atoms with Gasteiger partial charge in [0.25, 0.3) is 0 Å². The third kappa shape index (κ3) is 2.26. The number of hydrogen-bond donors (Lipinski definition) is 1. The van der Waals surface area contributed by atoms with Crippen LogP contribution in [0.25, 0.3) is 0 Å². The van der Waals surface area contributed by atoms with Gasteiger partial charge in [-0.25, -0.2) is 0 Å². The SMILES string of the molecule is Cc1cc(NC(=O)C2Cc3ccccc3C2)n(C)n1. The van der Waals surface area contributed by atoms with Gasteiger partial charge in [0, 0.05) is 19.0 Å². The molecule has 4 heteroatoms. The molecule has 1 aromatic carbocycles. The van der Waals surface area contributed by atoms with E-state index in [0.717, 1.165) is 24.4 Å². The minimum absolute atomic E-state index is 0.0348. The molecule has 0 fully saturated rings. The zero-order valence-corrected chi connectivity index (χ0v) is 11.2. The fourth-order valence-corrected chi connectivity index (χ4v) is 2.70. The Hall–Kier alpha value is -2.10. The number of hydrogen-bond acceptors (Lipinski definition) is 2. The van der Waals surface area contributed by atoms with Gasteiger partial charge in [-0.05, 0) is 30.9 Å². The Morgan fingerprint density at radius 1 is 1.32 bits per heavy atom. The quantitative estimate of drug-likeness (QED) is 0.893. The van der Waals surface area contributed by atoms with E-state index in [1.165, 1.54) is 11.1 Å². The van der Waals surface area contributed by atoms with Gasteiger partial charge in [0.1, 0.15) is 5.82 Å². The maximum atomic E-state index is 12.3. The maximum Gasteiger partial charge on any atom is 0.229 e. The molecule has 3 rings (SSSR count). The van der Waals surface area contributed by atoms with Crippen molar-refractivity contribution in [1.29, 1.82) is 0 Å². The number of amides is 1. The summed E-state index contributed by atoms with van der Waals surface area (Å²) in [4.78, 5) is 12.3. The first-order valence-electron chi connectivity index (χ1n) is 6.52. The topological polar surface area (TPSA) is 46.9 Å². The van der Waals surface area contributed by atoms with Crippen LogP contribution in [0.1, 0.15) is 16.8 Å². The molecule has 4 nitrogen and oxygen atoms in total. The highest BCUT2D eigenvalue weighted by molar-refractivity contribution is 5.92. The molecule has 1 aromatic heterocycles. The number of fused-ring (bicyclic) bond motifs is 1. The number of nitrogens with one attached hydrogen (secondary N) is 1. The molecule has 1 amide bonds. The van der Waals surface area contributed by atoms with Crippen LogP contribution in [0.3, 0.4) is 0 Å². The Morgan fingerprint density at radius 3 is 2.47 bits per heavy atom. The maximum absolute atomic E-state index is 12.3. The number of anilines is 1. The van der Waals surface area contributed by atoms with Gasteiger partial charge < -0.3 is 5.32 Å². The van der Waals surface area contributed by atoms with Gasteiger partial charge in [0.05, 0.1) is 5.69 Å². The van der Waals surface area contributed by atoms with Gasteiger partial charge in [0.2, 0.25) is 5.91 Å². The van der Waals surface area contributed by atoms with E-state index >= 15 is 0 Å². The third-order valence-corrected chi connectivity index (χ3v) is 3.68. The summed E-state index contributed by atoms with van der Waals surface area (Å²) in [5.41, 5.74) is 3.50. The zero-order valence-electron chi connectivity index (χ0n) is 11.2. The largest absolute Gasteiger partial charge is 0.311 e. The Balaban J connectivity index is 1.72. The van der Waals surface area contributed by atoms with E-state index in [1.807, 2.05) is 32.2 Å². The van der Waals surface area contributed by atoms with Gasteiger partial charge in [0.15, 0.2) is 0 Å². The average Bonchev–Trinajstić information content (AvgIpc) is 2.93. The molecule has 1 heterocycles. The van der Waals surface area contributed by atoms with E-state index in [4.69, 9.17) is 0 Å². The molecule has 1 aliphatic carbocycles. The van der Waals surface area contributed by atoms with Crippen molar-refractivity contribution >= 4 is 11.7 Å².